The molecule has 2 aliphatic heterocycles. The Labute approximate surface area is 182 Å². The van der Waals surface area contributed by atoms with E-state index in [1.165, 1.54) is 0 Å². The third-order valence-corrected chi connectivity index (χ3v) is 6.41. The maximum atomic E-state index is 6.24. The number of rotatable bonds is 4. The highest BCUT2D eigenvalue weighted by Crippen LogP contribution is 2.35. The molecule has 1 atom stereocenters. The van der Waals surface area contributed by atoms with Gasteiger partial charge in [-0.3, -0.25) is 5.01 Å². The number of hydrogen-bond acceptors (Lipinski definition) is 8. The van der Waals surface area contributed by atoms with Crippen molar-refractivity contribution in [3.05, 3.63) is 36.0 Å². The van der Waals surface area contributed by atoms with Crippen LogP contribution in [0.5, 0.6) is 0 Å². The van der Waals surface area contributed by atoms with Crippen molar-refractivity contribution in [3.8, 4) is 11.5 Å². The van der Waals surface area contributed by atoms with E-state index in [9.17, 15) is 0 Å². The van der Waals surface area contributed by atoms with Gasteiger partial charge in [-0.15, -0.1) is 0 Å². The summed E-state index contributed by atoms with van der Waals surface area (Å²) in [6, 6.07) is 8.51. The number of anilines is 2. The summed E-state index contributed by atoms with van der Waals surface area (Å²) in [5.74, 6) is 0.906. The molecular formula is C23H29N7O. The first-order chi connectivity index (χ1) is 14.9. The van der Waals surface area contributed by atoms with Crippen molar-refractivity contribution >= 4 is 28.8 Å². The first kappa shape index (κ1) is 19.8. The molecule has 3 N–H and O–H groups in total. The zero-order valence-electron chi connectivity index (χ0n) is 18.3. The van der Waals surface area contributed by atoms with Crippen LogP contribution in [0.25, 0.3) is 22.6 Å². The zero-order chi connectivity index (χ0) is 21.6. The molecule has 1 saturated heterocycles. The summed E-state index contributed by atoms with van der Waals surface area (Å²) in [7, 11) is 4.01. The summed E-state index contributed by atoms with van der Waals surface area (Å²) in [6.45, 7) is 5.13. The topological polar surface area (TPSA) is 95.8 Å². The lowest BCUT2D eigenvalue weighted by atomic mass is 9.84. The molecule has 0 bridgehead atoms. The number of nitrogen functional groups attached to an aromatic ring is 1. The molecule has 0 spiro atoms. The van der Waals surface area contributed by atoms with Gasteiger partial charge < -0.3 is 20.4 Å². The molecular weight excluding hydrogens is 390 g/mol. The second kappa shape index (κ2) is 7.53. The van der Waals surface area contributed by atoms with Gasteiger partial charge in [-0.25, -0.2) is 9.97 Å². The van der Waals surface area contributed by atoms with E-state index in [0.717, 1.165) is 60.4 Å². The minimum atomic E-state index is -0.232. The maximum Gasteiger partial charge on any atom is 0.231 e. The molecule has 1 fully saturated rings. The molecule has 5 rings (SSSR count). The maximum absolute atomic E-state index is 6.24. The number of hydrogen-bond donors (Lipinski definition) is 2. The van der Waals surface area contributed by atoms with Gasteiger partial charge in [0.05, 0.1) is 17.5 Å². The molecule has 0 amide bonds. The normalized spacial score (nSPS) is 21.8. The van der Waals surface area contributed by atoms with Crippen LogP contribution in [-0.2, 0) is 5.41 Å². The van der Waals surface area contributed by atoms with Crippen molar-refractivity contribution in [2.45, 2.75) is 31.2 Å². The fourth-order valence-corrected chi connectivity index (χ4v) is 4.38. The number of pyridine rings is 1. The summed E-state index contributed by atoms with van der Waals surface area (Å²) >= 11 is 0. The van der Waals surface area contributed by atoms with Crippen molar-refractivity contribution in [1.29, 1.82) is 0 Å². The standard InChI is InChI=1S/C23H29N7O/c1-23(13-27-30(14-23)16-6-8-25-9-7-16)15-10-18(21(24)26-12-15)22-28-19-11-17(29(2)3)4-5-20(19)31-22/h4-5,10-13,16,25H,6-9,14H2,1-3H3,(H2,24,26). The SMILES string of the molecule is CN(C)c1ccc2oc(-c3cc(C4(C)C=NN(C5CCNCC5)C4)cnc3N)nc2c1. The number of nitrogens with two attached hydrogens (primary N) is 1. The van der Waals surface area contributed by atoms with Gasteiger partial charge in [-0.05, 0) is 62.7 Å². The highest BCUT2D eigenvalue weighted by Gasteiger charge is 2.36. The molecule has 8 nitrogen and oxygen atoms in total. The van der Waals surface area contributed by atoms with Crippen molar-refractivity contribution in [2.75, 3.05) is 44.4 Å². The van der Waals surface area contributed by atoms with Gasteiger partial charge in [0.25, 0.3) is 0 Å². The number of fused-ring (bicyclic) bond motifs is 1. The molecule has 1 aromatic carbocycles. The van der Waals surface area contributed by atoms with Gasteiger partial charge in [0.1, 0.15) is 11.3 Å². The third kappa shape index (κ3) is 3.61. The monoisotopic (exact) mass is 419 g/mol. The molecule has 4 heterocycles. The zero-order valence-corrected chi connectivity index (χ0v) is 18.3. The number of piperidine rings is 1. The first-order valence-corrected chi connectivity index (χ1v) is 10.8. The number of nitrogens with zero attached hydrogens (tertiary/aromatic N) is 5. The molecule has 162 valence electrons. The van der Waals surface area contributed by atoms with E-state index in [2.05, 4.69) is 28.3 Å². The Morgan fingerprint density at radius 3 is 2.81 bits per heavy atom. The molecule has 1 unspecified atom stereocenters. The second-order valence-electron chi connectivity index (χ2n) is 8.96. The predicted molar refractivity (Wildman–Crippen MR) is 124 cm³/mol. The van der Waals surface area contributed by atoms with Crippen molar-refractivity contribution < 1.29 is 4.42 Å². The first-order valence-electron chi connectivity index (χ1n) is 10.8. The fourth-order valence-electron chi connectivity index (χ4n) is 4.38. The second-order valence-corrected chi connectivity index (χ2v) is 8.96. The molecule has 2 aliphatic rings. The summed E-state index contributed by atoms with van der Waals surface area (Å²) < 4.78 is 6.04. The highest BCUT2D eigenvalue weighted by atomic mass is 16.3. The molecule has 0 radical (unpaired) electrons. The molecule has 8 heteroatoms. The molecule has 3 aromatic rings. The van der Waals surface area contributed by atoms with E-state index in [4.69, 9.17) is 20.2 Å². The van der Waals surface area contributed by atoms with Crippen LogP contribution in [0.3, 0.4) is 0 Å². The smallest absolute Gasteiger partial charge is 0.231 e. The number of aromatic nitrogens is 2. The summed E-state index contributed by atoms with van der Waals surface area (Å²) in [6.07, 6.45) is 6.14. The number of benzene rings is 1. The lowest BCUT2D eigenvalue weighted by Gasteiger charge is -2.32. The van der Waals surface area contributed by atoms with Crippen LogP contribution >= 0.6 is 0 Å². The average Bonchev–Trinajstić information content (AvgIpc) is 3.38. The Bertz CT molecular complexity index is 1130. The van der Waals surface area contributed by atoms with Crippen LogP contribution in [0, 0.1) is 0 Å². The van der Waals surface area contributed by atoms with Gasteiger partial charge in [-0.1, -0.05) is 0 Å². The summed E-state index contributed by atoms with van der Waals surface area (Å²) in [5.41, 5.74) is 10.4. The predicted octanol–water partition coefficient (Wildman–Crippen LogP) is 2.85. The van der Waals surface area contributed by atoms with Crippen molar-refractivity contribution in [3.63, 3.8) is 0 Å². The van der Waals surface area contributed by atoms with E-state index in [-0.39, 0.29) is 5.41 Å². The Hall–Kier alpha value is -3.13. The fraction of sp³-hybridized carbons (Fsp3) is 0.435. The van der Waals surface area contributed by atoms with Crippen LogP contribution in [0.4, 0.5) is 11.5 Å². The Morgan fingerprint density at radius 1 is 1.23 bits per heavy atom. The largest absolute Gasteiger partial charge is 0.436 e. The molecule has 31 heavy (non-hydrogen) atoms. The van der Waals surface area contributed by atoms with Crippen LogP contribution in [-0.4, -0.2) is 61.0 Å². The van der Waals surface area contributed by atoms with Gasteiger partial charge in [0.2, 0.25) is 5.89 Å². The number of hydrazone groups is 1. The minimum Gasteiger partial charge on any atom is -0.436 e. The van der Waals surface area contributed by atoms with E-state index >= 15 is 0 Å². The van der Waals surface area contributed by atoms with E-state index < -0.39 is 0 Å². The van der Waals surface area contributed by atoms with Gasteiger partial charge in [0.15, 0.2) is 5.58 Å². The van der Waals surface area contributed by atoms with Gasteiger partial charge in [0, 0.05) is 38.2 Å². The van der Waals surface area contributed by atoms with Crippen LogP contribution in [0.2, 0.25) is 0 Å². The molecule has 0 aliphatic carbocycles. The van der Waals surface area contributed by atoms with Gasteiger partial charge >= 0.3 is 0 Å². The number of nitrogens with one attached hydrogen (secondary N) is 1. The third-order valence-electron chi connectivity index (χ3n) is 6.41. The van der Waals surface area contributed by atoms with Crippen LogP contribution < -0.4 is 16.0 Å². The summed E-state index contributed by atoms with van der Waals surface area (Å²) in [4.78, 5) is 11.2. The lowest BCUT2D eigenvalue weighted by Crippen LogP contribution is -2.42. The Kier molecular flexibility index (Phi) is 4.81. The van der Waals surface area contributed by atoms with Crippen LogP contribution in [0.15, 0.2) is 40.0 Å². The van der Waals surface area contributed by atoms with Crippen molar-refractivity contribution in [1.82, 2.24) is 20.3 Å². The Balaban J connectivity index is 1.46. The highest BCUT2D eigenvalue weighted by molar-refractivity contribution is 5.83. The molecule has 2 aromatic heterocycles. The van der Waals surface area contributed by atoms with Crippen LogP contribution in [0.1, 0.15) is 25.3 Å². The number of oxazole rings is 1. The van der Waals surface area contributed by atoms with E-state index in [1.807, 2.05) is 49.6 Å². The lowest BCUT2D eigenvalue weighted by molar-refractivity contribution is 0.170. The molecule has 0 saturated carbocycles. The van der Waals surface area contributed by atoms with Gasteiger partial charge in [-0.2, -0.15) is 5.10 Å². The quantitative estimate of drug-likeness (QED) is 0.671. The van der Waals surface area contributed by atoms with E-state index in [0.29, 0.717) is 17.8 Å². The Morgan fingerprint density at radius 2 is 2.03 bits per heavy atom. The summed E-state index contributed by atoms with van der Waals surface area (Å²) in [5, 5.41) is 10.4. The van der Waals surface area contributed by atoms with Crippen molar-refractivity contribution in [2.24, 2.45) is 5.10 Å². The minimum absolute atomic E-state index is 0.232. The van der Waals surface area contributed by atoms with E-state index in [1.54, 1.807) is 0 Å². The average molecular weight is 420 g/mol.